The average molecular weight is 201 g/mol. The summed E-state index contributed by atoms with van der Waals surface area (Å²) in [6.45, 7) is 5.44. The van der Waals surface area contributed by atoms with Gasteiger partial charge in [-0.05, 0) is 20.3 Å². The van der Waals surface area contributed by atoms with Crippen molar-refractivity contribution in [2.24, 2.45) is 16.9 Å². The highest BCUT2D eigenvalue weighted by atomic mass is 16.2. The molecule has 0 aliphatic carbocycles. The van der Waals surface area contributed by atoms with Crippen molar-refractivity contribution in [2.45, 2.75) is 33.2 Å². The van der Waals surface area contributed by atoms with E-state index >= 15 is 0 Å². The van der Waals surface area contributed by atoms with Crippen LogP contribution in [-0.2, 0) is 9.59 Å². The summed E-state index contributed by atoms with van der Waals surface area (Å²) in [6, 6.07) is -0.653. The molecule has 0 aromatic rings. The van der Waals surface area contributed by atoms with Crippen LogP contribution in [0.4, 0.5) is 0 Å². The summed E-state index contributed by atoms with van der Waals surface area (Å²) >= 11 is 0. The fraction of sp³-hybridized carbons (Fsp3) is 0.778. The largest absolute Gasteiger partial charge is 0.368 e. The SMILES string of the molecule is CCC(C)(CN)C(=O)NC(C)C(N)=O. The number of nitrogens with one attached hydrogen (secondary N) is 1. The standard InChI is InChI=1S/C9H19N3O2/c1-4-9(3,5-10)8(14)12-6(2)7(11)13/h6H,4-5,10H2,1-3H3,(H2,11,13)(H,12,14). The van der Waals surface area contributed by atoms with E-state index in [1.165, 1.54) is 0 Å². The summed E-state index contributed by atoms with van der Waals surface area (Å²) in [5, 5.41) is 2.53. The Morgan fingerprint density at radius 3 is 2.29 bits per heavy atom. The van der Waals surface area contributed by atoms with Gasteiger partial charge in [0.15, 0.2) is 0 Å². The molecule has 0 aromatic heterocycles. The zero-order valence-electron chi connectivity index (χ0n) is 8.96. The molecule has 0 aromatic carbocycles. The summed E-state index contributed by atoms with van der Waals surface area (Å²) in [7, 11) is 0. The first kappa shape index (κ1) is 12.9. The molecule has 0 heterocycles. The van der Waals surface area contributed by atoms with E-state index in [0.29, 0.717) is 6.42 Å². The maximum atomic E-state index is 11.6. The molecule has 0 bridgehead atoms. The quantitative estimate of drug-likeness (QED) is 0.551. The van der Waals surface area contributed by atoms with Crippen LogP contribution in [0.5, 0.6) is 0 Å². The second kappa shape index (κ2) is 4.95. The summed E-state index contributed by atoms with van der Waals surface area (Å²) in [6.07, 6.45) is 0.626. The van der Waals surface area contributed by atoms with E-state index in [2.05, 4.69) is 5.32 Å². The molecule has 0 saturated carbocycles. The van der Waals surface area contributed by atoms with E-state index in [1.807, 2.05) is 6.92 Å². The summed E-state index contributed by atoms with van der Waals surface area (Å²) < 4.78 is 0. The second-order valence-corrected chi connectivity index (χ2v) is 3.72. The molecular formula is C9H19N3O2. The van der Waals surface area contributed by atoms with Gasteiger partial charge in [0.25, 0.3) is 0 Å². The Kier molecular flexibility index (Phi) is 4.56. The molecular weight excluding hydrogens is 182 g/mol. The van der Waals surface area contributed by atoms with Crippen LogP contribution >= 0.6 is 0 Å². The molecule has 0 saturated heterocycles. The predicted molar refractivity (Wildman–Crippen MR) is 54.3 cm³/mol. The van der Waals surface area contributed by atoms with Gasteiger partial charge in [0.2, 0.25) is 11.8 Å². The van der Waals surface area contributed by atoms with Crippen molar-refractivity contribution in [2.75, 3.05) is 6.54 Å². The molecule has 5 nitrogen and oxygen atoms in total. The van der Waals surface area contributed by atoms with E-state index in [9.17, 15) is 9.59 Å². The predicted octanol–water partition coefficient (Wildman–Crippen LogP) is -0.649. The van der Waals surface area contributed by atoms with Gasteiger partial charge >= 0.3 is 0 Å². The lowest BCUT2D eigenvalue weighted by molar-refractivity contribution is -0.133. The van der Waals surface area contributed by atoms with Gasteiger partial charge in [-0.2, -0.15) is 0 Å². The van der Waals surface area contributed by atoms with E-state index in [4.69, 9.17) is 11.5 Å². The van der Waals surface area contributed by atoms with Crippen LogP contribution in [0.3, 0.4) is 0 Å². The third-order valence-electron chi connectivity index (χ3n) is 2.55. The van der Waals surface area contributed by atoms with Crippen molar-refractivity contribution in [1.29, 1.82) is 0 Å². The zero-order valence-corrected chi connectivity index (χ0v) is 8.96. The zero-order chi connectivity index (χ0) is 11.4. The number of amides is 2. The van der Waals surface area contributed by atoms with E-state index in [0.717, 1.165) is 0 Å². The number of primary amides is 1. The van der Waals surface area contributed by atoms with Crippen LogP contribution in [0.15, 0.2) is 0 Å². The molecule has 0 rings (SSSR count). The molecule has 82 valence electrons. The molecule has 5 N–H and O–H groups in total. The third kappa shape index (κ3) is 2.99. The van der Waals surface area contributed by atoms with Crippen LogP contribution in [0.25, 0.3) is 0 Å². The monoisotopic (exact) mass is 201 g/mol. The fourth-order valence-corrected chi connectivity index (χ4v) is 0.840. The van der Waals surface area contributed by atoms with Crippen molar-refractivity contribution in [3.8, 4) is 0 Å². The van der Waals surface area contributed by atoms with Gasteiger partial charge in [0, 0.05) is 6.54 Å². The molecule has 14 heavy (non-hydrogen) atoms. The van der Waals surface area contributed by atoms with Crippen molar-refractivity contribution in [3.63, 3.8) is 0 Å². The number of hydrogen-bond acceptors (Lipinski definition) is 3. The summed E-state index contributed by atoms with van der Waals surface area (Å²) in [5.74, 6) is -0.775. The Hall–Kier alpha value is -1.10. The van der Waals surface area contributed by atoms with Crippen LogP contribution in [0.2, 0.25) is 0 Å². The molecule has 2 atom stereocenters. The van der Waals surface area contributed by atoms with Gasteiger partial charge in [0.1, 0.15) is 6.04 Å². The van der Waals surface area contributed by atoms with E-state index in [1.54, 1.807) is 13.8 Å². The first-order valence-electron chi connectivity index (χ1n) is 4.67. The van der Waals surface area contributed by atoms with Gasteiger partial charge < -0.3 is 16.8 Å². The van der Waals surface area contributed by atoms with Gasteiger partial charge in [-0.3, -0.25) is 9.59 Å². The normalized spacial score (nSPS) is 16.9. The lowest BCUT2D eigenvalue weighted by Crippen LogP contribution is -2.50. The minimum absolute atomic E-state index is 0.228. The molecule has 0 aliphatic heterocycles. The Morgan fingerprint density at radius 2 is 2.00 bits per heavy atom. The minimum Gasteiger partial charge on any atom is -0.368 e. The maximum absolute atomic E-state index is 11.6. The van der Waals surface area contributed by atoms with Crippen LogP contribution in [-0.4, -0.2) is 24.4 Å². The van der Waals surface area contributed by atoms with E-state index < -0.39 is 17.4 Å². The summed E-state index contributed by atoms with van der Waals surface area (Å²) in [5.41, 5.74) is 9.90. The number of carbonyl (C=O) groups excluding carboxylic acids is 2. The lowest BCUT2D eigenvalue weighted by Gasteiger charge is -2.26. The van der Waals surface area contributed by atoms with Crippen LogP contribution in [0.1, 0.15) is 27.2 Å². The molecule has 5 heteroatoms. The highest BCUT2D eigenvalue weighted by molar-refractivity contribution is 5.89. The Labute approximate surface area is 84.2 Å². The number of hydrogen-bond donors (Lipinski definition) is 3. The summed E-state index contributed by atoms with van der Waals surface area (Å²) in [4.78, 5) is 22.4. The first-order chi connectivity index (χ1) is 6.37. The Morgan fingerprint density at radius 1 is 1.50 bits per heavy atom. The molecule has 2 amide bonds. The Balaban J connectivity index is 4.40. The second-order valence-electron chi connectivity index (χ2n) is 3.72. The number of nitrogens with two attached hydrogens (primary N) is 2. The minimum atomic E-state index is -0.653. The van der Waals surface area contributed by atoms with Gasteiger partial charge in [-0.25, -0.2) is 0 Å². The van der Waals surface area contributed by atoms with Gasteiger partial charge in [-0.1, -0.05) is 6.92 Å². The molecule has 0 fully saturated rings. The smallest absolute Gasteiger partial charge is 0.239 e. The van der Waals surface area contributed by atoms with Crippen LogP contribution in [0, 0.1) is 5.41 Å². The van der Waals surface area contributed by atoms with Crippen molar-refractivity contribution in [3.05, 3.63) is 0 Å². The molecule has 2 unspecified atom stereocenters. The first-order valence-corrected chi connectivity index (χ1v) is 4.67. The van der Waals surface area contributed by atoms with Crippen molar-refractivity contribution in [1.82, 2.24) is 5.32 Å². The molecule has 0 spiro atoms. The molecule has 0 radical (unpaired) electrons. The topological polar surface area (TPSA) is 98.2 Å². The molecule has 0 aliphatic rings. The Bertz CT molecular complexity index is 224. The lowest BCUT2D eigenvalue weighted by atomic mass is 9.86. The number of carbonyl (C=O) groups is 2. The highest BCUT2D eigenvalue weighted by Crippen LogP contribution is 2.19. The third-order valence-corrected chi connectivity index (χ3v) is 2.55. The van der Waals surface area contributed by atoms with Crippen molar-refractivity contribution < 1.29 is 9.59 Å². The van der Waals surface area contributed by atoms with Gasteiger partial charge in [0.05, 0.1) is 5.41 Å². The van der Waals surface area contributed by atoms with Gasteiger partial charge in [-0.15, -0.1) is 0 Å². The number of rotatable bonds is 5. The average Bonchev–Trinajstić information content (AvgIpc) is 2.16. The highest BCUT2D eigenvalue weighted by Gasteiger charge is 2.31. The van der Waals surface area contributed by atoms with Crippen LogP contribution < -0.4 is 16.8 Å². The van der Waals surface area contributed by atoms with Crippen molar-refractivity contribution >= 4 is 11.8 Å². The fourth-order valence-electron chi connectivity index (χ4n) is 0.840. The maximum Gasteiger partial charge on any atom is 0.239 e. The van der Waals surface area contributed by atoms with E-state index in [-0.39, 0.29) is 12.5 Å².